The number of rotatable bonds is 8. The summed E-state index contributed by atoms with van der Waals surface area (Å²) in [5, 5.41) is 2.68. The molecule has 1 N–H and O–H groups in total. The number of aromatic nitrogens is 3. The van der Waals surface area contributed by atoms with E-state index in [1.54, 1.807) is 49.1 Å². The molecule has 0 bridgehead atoms. The maximum Gasteiger partial charge on any atom is 0.279 e. The summed E-state index contributed by atoms with van der Waals surface area (Å²) < 4.78 is 22.0. The van der Waals surface area contributed by atoms with Gasteiger partial charge in [-0.15, -0.1) is 0 Å². The monoisotopic (exact) mass is 510 g/mol. The van der Waals surface area contributed by atoms with Gasteiger partial charge < -0.3 is 19.0 Å². The van der Waals surface area contributed by atoms with Crippen LogP contribution in [0.4, 0.5) is 4.39 Å². The zero-order valence-corrected chi connectivity index (χ0v) is 20.2. The van der Waals surface area contributed by atoms with Crippen molar-refractivity contribution in [1.29, 1.82) is 0 Å². The van der Waals surface area contributed by atoms with Crippen molar-refractivity contribution in [3.05, 3.63) is 146 Å². The van der Waals surface area contributed by atoms with Gasteiger partial charge in [0, 0.05) is 37.5 Å². The lowest BCUT2D eigenvalue weighted by atomic mass is 10.2. The molecule has 0 spiro atoms. The van der Waals surface area contributed by atoms with Gasteiger partial charge in [-0.05, 0) is 41.0 Å². The van der Waals surface area contributed by atoms with Crippen LogP contribution in [0.15, 0.2) is 107 Å². The summed E-state index contributed by atoms with van der Waals surface area (Å²) in [6.07, 6.45) is 7.78. The van der Waals surface area contributed by atoms with Crippen LogP contribution >= 0.6 is 0 Å². The number of hydrogen-bond donors (Lipinski definition) is 1. The Labute approximate surface area is 216 Å². The average molecular weight is 511 g/mol. The quantitative estimate of drug-likeness (QED) is 0.345. The maximum atomic E-state index is 13.5. The molecule has 3 aromatic heterocycles. The van der Waals surface area contributed by atoms with Crippen molar-refractivity contribution in [3.63, 3.8) is 0 Å². The van der Waals surface area contributed by atoms with Crippen LogP contribution < -0.4 is 21.0 Å². The number of hydrogen-bond acceptors (Lipinski definition) is 5. The summed E-state index contributed by atoms with van der Waals surface area (Å²) in [4.78, 5) is 44.1. The van der Waals surface area contributed by atoms with Gasteiger partial charge in [0.05, 0.1) is 6.54 Å². The molecule has 5 aromatic rings. The lowest BCUT2D eigenvalue weighted by molar-refractivity contribution is 0.0948. The Bertz CT molecular complexity index is 1700. The number of nitrogens with one attached hydrogen (secondary N) is 1. The average Bonchev–Trinajstić information content (AvgIpc) is 2.94. The molecule has 2 aromatic carbocycles. The molecule has 0 unspecified atom stereocenters. The van der Waals surface area contributed by atoms with Gasteiger partial charge in [-0.1, -0.05) is 42.5 Å². The van der Waals surface area contributed by atoms with E-state index in [4.69, 9.17) is 4.74 Å². The normalized spacial score (nSPS) is 10.9. The molecular weight excluding hydrogens is 487 g/mol. The second-order valence-corrected chi connectivity index (χ2v) is 8.63. The largest absolute Gasteiger partial charge is 0.483 e. The number of halogens is 1. The van der Waals surface area contributed by atoms with Crippen LogP contribution in [-0.4, -0.2) is 19.9 Å². The molecule has 8 nitrogen and oxygen atoms in total. The zero-order chi connectivity index (χ0) is 26.5. The smallest absolute Gasteiger partial charge is 0.279 e. The molecule has 0 aliphatic heterocycles. The third-order valence-electron chi connectivity index (χ3n) is 6.00. The Hall–Kier alpha value is -5.05. The highest BCUT2D eigenvalue weighted by molar-refractivity contribution is 5.94. The molecule has 0 radical (unpaired) electrons. The molecule has 1 amide bonds. The van der Waals surface area contributed by atoms with E-state index in [0.717, 1.165) is 11.1 Å². The van der Waals surface area contributed by atoms with E-state index in [1.165, 1.54) is 27.3 Å². The summed E-state index contributed by atoms with van der Waals surface area (Å²) in [6.45, 7) is 0.393. The number of benzene rings is 2. The summed E-state index contributed by atoms with van der Waals surface area (Å²) in [6, 6.07) is 18.5. The molecule has 38 heavy (non-hydrogen) atoms. The van der Waals surface area contributed by atoms with Gasteiger partial charge in [-0.25, -0.2) is 4.39 Å². The molecule has 3 heterocycles. The fourth-order valence-corrected chi connectivity index (χ4v) is 4.01. The highest BCUT2D eigenvalue weighted by Gasteiger charge is 2.21. The van der Waals surface area contributed by atoms with E-state index in [0.29, 0.717) is 5.56 Å². The lowest BCUT2D eigenvalue weighted by Gasteiger charge is -2.14. The van der Waals surface area contributed by atoms with Crippen LogP contribution in [0.3, 0.4) is 0 Å². The summed E-state index contributed by atoms with van der Waals surface area (Å²) in [5.74, 6) is -1.24. The van der Waals surface area contributed by atoms with Crippen LogP contribution in [0.25, 0.3) is 5.52 Å². The van der Waals surface area contributed by atoms with Crippen LogP contribution in [0, 0.1) is 5.82 Å². The first-order valence-corrected chi connectivity index (χ1v) is 11.9. The number of ether oxygens (including phenoxy) is 1. The Balaban J connectivity index is 1.54. The molecule has 0 saturated carbocycles. The minimum Gasteiger partial charge on any atom is -0.483 e. The van der Waals surface area contributed by atoms with Gasteiger partial charge in [0.2, 0.25) is 5.43 Å². The van der Waals surface area contributed by atoms with Crippen LogP contribution in [-0.2, 0) is 19.7 Å². The van der Waals surface area contributed by atoms with Gasteiger partial charge in [0.1, 0.15) is 18.0 Å². The van der Waals surface area contributed by atoms with Gasteiger partial charge in [0.15, 0.2) is 11.3 Å². The van der Waals surface area contributed by atoms with Crippen molar-refractivity contribution in [2.45, 2.75) is 19.7 Å². The molecule has 0 atom stereocenters. The van der Waals surface area contributed by atoms with Crippen molar-refractivity contribution < 1.29 is 13.9 Å². The molecular formula is C29H23FN4O4. The van der Waals surface area contributed by atoms with Crippen molar-refractivity contribution in [2.75, 3.05) is 0 Å². The fraction of sp³-hybridized carbons (Fsp3) is 0.103. The SMILES string of the molecule is O=C(NCc1ccc(F)cc1)c1cn2ccn(Cc3ccncc3)c(=O)c2c(OCc2ccccc2)c1=O. The number of fused-ring (bicyclic) bond motifs is 1. The van der Waals surface area contributed by atoms with Crippen molar-refractivity contribution in [3.8, 4) is 5.75 Å². The minimum atomic E-state index is -0.698. The van der Waals surface area contributed by atoms with Gasteiger partial charge in [0.25, 0.3) is 11.5 Å². The summed E-state index contributed by atoms with van der Waals surface area (Å²) in [7, 11) is 0. The predicted molar refractivity (Wildman–Crippen MR) is 140 cm³/mol. The third-order valence-corrected chi connectivity index (χ3v) is 6.00. The van der Waals surface area contributed by atoms with Gasteiger partial charge in [-0.2, -0.15) is 0 Å². The third kappa shape index (κ3) is 5.36. The maximum absolute atomic E-state index is 13.5. The van der Waals surface area contributed by atoms with Crippen LogP contribution in [0.5, 0.6) is 5.75 Å². The highest BCUT2D eigenvalue weighted by atomic mass is 19.1. The second kappa shape index (κ2) is 10.9. The number of amides is 1. The van der Waals surface area contributed by atoms with E-state index in [-0.39, 0.29) is 42.3 Å². The molecule has 0 aliphatic rings. The Morgan fingerprint density at radius 1 is 0.895 bits per heavy atom. The molecule has 0 saturated heterocycles. The van der Waals surface area contributed by atoms with E-state index in [2.05, 4.69) is 10.3 Å². The van der Waals surface area contributed by atoms with E-state index >= 15 is 0 Å². The molecule has 9 heteroatoms. The lowest BCUT2D eigenvalue weighted by Crippen LogP contribution is -2.32. The Morgan fingerprint density at radius 3 is 2.37 bits per heavy atom. The predicted octanol–water partition coefficient (Wildman–Crippen LogP) is 3.55. The number of carbonyl (C=O) groups is 1. The van der Waals surface area contributed by atoms with E-state index in [9.17, 15) is 18.8 Å². The van der Waals surface area contributed by atoms with Crippen LogP contribution in [0.2, 0.25) is 0 Å². The standard InChI is InChI=1S/C29H23FN4O4/c30-23-8-6-20(7-9-23)16-32-28(36)24-18-33-14-15-34(17-21-10-12-31-13-11-21)29(37)25(33)27(26(24)35)38-19-22-4-2-1-3-5-22/h1-15,18H,16-17,19H2,(H,32,36). The Morgan fingerprint density at radius 2 is 1.63 bits per heavy atom. The topological polar surface area (TPSA) is 94.7 Å². The van der Waals surface area contributed by atoms with Gasteiger partial charge >= 0.3 is 0 Å². The molecule has 5 rings (SSSR count). The second-order valence-electron chi connectivity index (χ2n) is 8.63. The van der Waals surface area contributed by atoms with Gasteiger partial charge in [-0.3, -0.25) is 19.4 Å². The Kier molecular flexibility index (Phi) is 7.08. The van der Waals surface area contributed by atoms with Crippen molar-refractivity contribution in [2.24, 2.45) is 0 Å². The molecule has 0 fully saturated rings. The first kappa shape index (κ1) is 24.6. The summed E-state index contributed by atoms with van der Waals surface area (Å²) in [5.41, 5.74) is 1.03. The number of pyridine rings is 2. The summed E-state index contributed by atoms with van der Waals surface area (Å²) >= 11 is 0. The zero-order valence-electron chi connectivity index (χ0n) is 20.2. The van der Waals surface area contributed by atoms with Crippen molar-refractivity contribution in [1.82, 2.24) is 19.3 Å². The van der Waals surface area contributed by atoms with Crippen LogP contribution in [0.1, 0.15) is 27.0 Å². The fourth-order valence-electron chi connectivity index (χ4n) is 4.01. The molecule has 0 aliphatic carbocycles. The minimum absolute atomic E-state index is 0.0255. The van der Waals surface area contributed by atoms with Crippen molar-refractivity contribution >= 4 is 11.4 Å². The van der Waals surface area contributed by atoms with E-state index in [1.807, 2.05) is 30.3 Å². The first-order chi connectivity index (χ1) is 18.5. The number of carbonyl (C=O) groups excluding carboxylic acids is 1. The molecule has 190 valence electrons. The highest BCUT2D eigenvalue weighted by Crippen LogP contribution is 2.16. The van der Waals surface area contributed by atoms with E-state index < -0.39 is 16.9 Å². The first-order valence-electron chi connectivity index (χ1n) is 11.9. The number of nitrogens with zero attached hydrogens (tertiary/aromatic N) is 3.